The Morgan fingerprint density at radius 2 is 1.84 bits per heavy atom. The molecule has 154 valence electrons. The van der Waals surface area contributed by atoms with Crippen LogP contribution in [0.3, 0.4) is 0 Å². The molecule has 31 heavy (non-hydrogen) atoms. The number of aromatic nitrogens is 2. The molecule has 0 spiro atoms. The molecule has 4 aromatic rings. The lowest BCUT2D eigenvalue weighted by Crippen LogP contribution is -2.26. The van der Waals surface area contributed by atoms with Gasteiger partial charge in [-0.3, -0.25) is 14.2 Å². The minimum atomic E-state index is -0.519. The van der Waals surface area contributed by atoms with Crippen molar-refractivity contribution >= 4 is 45.0 Å². The van der Waals surface area contributed by atoms with E-state index in [2.05, 4.69) is 11.4 Å². The second-order valence-corrected chi connectivity index (χ2v) is 8.37. The van der Waals surface area contributed by atoms with Gasteiger partial charge in [0.2, 0.25) is 5.91 Å². The number of hydrogen-bond acceptors (Lipinski definition) is 5. The van der Waals surface area contributed by atoms with Gasteiger partial charge in [0.1, 0.15) is 6.07 Å². The number of carbonyl (C=O) groups excluding carboxylic acids is 1. The van der Waals surface area contributed by atoms with Gasteiger partial charge in [-0.05, 0) is 48.9 Å². The fourth-order valence-corrected chi connectivity index (χ4v) is 4.36. The largest absolute Gasteiger partial charge is 0.324 e. The molecular formula is C24H20N4O2S. The van der Waals surface area contributed by atoms with Gasteiger partial charge < -0.3 is 5.32 Å². The molecule has 1 heterocycles. The van der Waals surface area contributed by atoms with Crippen LogP contribution in [0.2, 0.25) is 0 Å². The lowest BCUT2D eigenvalue weighted by molar-refractivity contribution is -0.115. The van der Waals surface area contributed by atoms with Crippen molar-refractivity contribution in [2.24, 2.45) is 0 Å². The molecule has 1 amide bonds. The van der Waals surface area contributed by atoms with E-state index >= 15 is 0 Å². The minimum Gasteiger partial charge on any atom is -0.324 e. The molecule has 6 nitrogen and oxygen atoms in total. The third-order valence-electron chi connectivity index (χ3n) is 5.06. The molecule has 0 saturated carbocycles. The van der Waals surface area contributed by atoms with Gasteiger partial charge in [-0.15, -0.1) is 0 Å². The molecule has 0 radical (unpaired) electrons. The van der Waals surface area contributed by atoms with Crippen molar-refractivity contribution in [3.63, 3.8) is 0 Å². The summed E-state index contributed by atoms with van der Waals surface area (Å²) in [4.78, 5) is 30.6. The van der Waals surface area contributed by atoms with Crippen LogP contribution in [0.25, 0.3) is 21.7 Å². The summed E-state index contributed by atoms with van der Waals surface area (Å²) in [5.41, 5.74) is 1.35. The van der Waals surface area contributed by atoms with Crippen LogP contribution in [0.4, 0.5) is 5.69 Å². The fourth-order valence-electron chi connectivity index (χ4n) is 3.39. The van der Waals surface area contributed by atoms with Crippen LogP contribution in [-0.2, 0) is 11.3 Å². The summed E-state index contributed by atoms with van der Waals surface area (Å²) in [6.07, 6.45) is 0. The van der Waals surface area contributed by atoms with Gasteiger partial charge in [0.05, 0.1) is 27.4 Å². The highest BCUT2D eigenvalue weighted by Crippen LogP contribution is 2.26. The van der Waals surface area contributed by atoms with Crippen LogP contribution in [0.15, 0.2) is 70.6 Å². The average Bonchev–Trinajstić information content (AvgIpc) is 2.78. The summed E-state index contributed by atoms with van der Waals surface area (Å²) in [5.74, 6) is -0.261. The van der Waals surface area contributed by atoms with Crippen molar-refractivity contribution in [1.82, 2.24) is 9.55 Å². The van der Waals surface area contributed by atoms with Crippen molar-refractivity contribution in [2.75, 3.05) is 5.32 Å². The highest BCUT2D eigenvalue weighted by Gasteiger charge is 2.20. The maximum absolute atomic E-state index is 13.1. The van der Waals surface area contributed by atoms with Gasteiger partial charge in [-0.2, -0.15) is 5.26 Å². The monoisotopic (exact) mass is 428 g/mol. The predicted molar refractivity (Wildman–Crippen MR) is 124 cm³/mol. The number of thioether (sulfide) groups is 1. The number of nitrogens with one attached hydrogen (secondary N) is 1. The van der Waals surface area contributed by atoms with Gasteiger partial charge in [0.25, 0.3) is 5.56 Å². The summed E-state index contributed by atoms with van der Waals surface area (Å²) in [6, 6.07) is 20.5. The van der Waals surface area contributed by atoms with E-state index < -0.39 is 5.25 Å². The predicted octanol–water partition coefficient (Wildman–Crippen LogP) is 4.56. The molecule has 0 bridgehead atoms. The Hall–Kier alpha value is -3.63. The highest BCUT2D eigenvalue weighted by molar-refractivity contribution is 8.00. The molecule has 3 aromatic carbocycles. The van der Waals surface area contributed by atoms with Crippen molar-refractivity contribution in [3.05, 3.63) is 76.6 Å². The van der Waals surface area contributed by atoms with Crippen LogP contribution < -0.4 is 10.9 Å². The lowest BCUT2D eigenvalue weighted by Gasteiger charge is -2.16. The molecule has 0 fully saturated rings. The number of amides is 1. The van der Waals surface area contributed by atoms with E-state index in [9.17, 15) is 14.9 Å². The molecule has 1 atom stereocenters. The number of anilines is 1. The maximum atomic E-state index is 13.1. The molecule has 7 heteroatoms. The normalized spacial score (nSPS) is 11.9. The smallest absolute Gasteiger partial charge is 0.262 e. The summed E-state index contributed by atoms with van der Waals surface area (Å²) >= 11 is 1.23. The molecule has 0 aliphatic rings. The molecule has 0 aliphatic heterocycles. The Morgan fingerprint density at radius 1 is 1.16 bits per heavy atom. The number of benzene rings is 3. The van der Waals surface area contributed by atoms with Crippen LogP contribution in [0, 0.1) is 11.3 Å². The van der Waals surface area contributed by atoms with Crippen molar-refractivity contribution in [3.8, 4) is 6.07 Å². The number of carbonyl (C=O) groups is 1. The lowest BCUT2D eigenvalue weighted by atomic mass is 10.1. The second-order valence-electron chi connectivity index (χ2n) is 7.07. The van der Waals surface area contributed by atoms with Gasteiger partial charge in [0.15, 0.2) is 5.16 Å². The standard InChI is InChI=1S/C24H20N4O2S/c1-3-28-23(30)19-12-16-8-4-5-9-17(16)13-21(19)27-24(28)31-15(2)22(29)26-20-11-7-6-10-18(20)14-25/h4-13,15H,3H2,1-2H3,(H,26,29). The maximum Gasteiger partial charge on any atom is 0.262 e. The first-order valence-electron chi connectivity index (χ1n) is 9.91. The van der Waals surface area contributed by atoms with Gasteiger partial charge in [-0.25, -0.2) is 4.98 Å². The summed E-state index contributed by atoms with van der Waals surface area (Å²) < 4.78 is 1.59. The average molecular weight is 429 g/mol. The number of hydrogen-bond donors (Lipinski definition) is 1. The van der Waals surface area contributed by atoms with Crippen LogP contribution in [-0.4, -0.2) is 20.7 Å². The minimum absolute atomic E-state index is 0.122. The molecule has 0 saturated heterocycles. The van der Waals surface area contributed by atoms with Gasteiger partial charge >= 0.3 is 0 Å². The number of rotatable bonds is 5. The first kappa shape index (κ1) is 20.6. The third kappa shape index (κ3) is 4.03. The second kappa shape index (κ2) is 8.62. The number of para-hydroxylation sites is 1. The molecule has 0 aliphatic carbocycles. The Morgan fingerprint density at radius 3 is 2.55 bits per heavy atom. The van der Waals surface area contributed by atoms with Gasteiger partial charge in [0, 0.05) is 6.54 Å². The SMILES string of the molecule is CCn1c(SC(C)C(=O)Nc2ccccc2C#N)nc2cc3ccccc3cc2c1=O. The fraction of sp³-hybridized carbons (Fsp3) is 0.167. The molecular weight excluding hydrogens is 408 g/mol. The molecule has 1 unspecified atom stereocenters. The Labute approximate surface area is 183 Å². The topological polar surface area (TPSA) is 87.8 Å². The van der Waals surface area contributed by atoms with E-state index in [0.29, 0.717) is 33.9 Å². The highest BCUT2D eigenvalue weighted by atomic mass is 32.2. The summed E-state index contributed by atoms with van der Waals surface area (Å²) in [6.45, 7) is 4.09. The Kier molecular flexibility index (Phi) is 5.74. The van der Waals surface area contributed by atoms with Crippen molar-refractivity contribution < 1.29 is 4.79 Å². The van der Waals surface area contributed by atoms with Crippen LogP contribution >= 0.6 is 11.8 Å². The summed E-state index contributed by atoms with van der Waals surface area (Å²) in [5, 5.41) is 14.5. The van der Waals surface area contributed by atoms with Gasteiger partial charge in [-0.1, -0.05) is 48.2 Å². The van der Waals surface area contributed by atoms with Crippen LogP contribution in [0.5, 0.6) is 0 Å². The quantitative estimate of drug-likeness (QED) is 0.286. The van der Waals surface area contributed by atoms with E-state index in [4.69, 9.17) is 4.98 Å². The van der Waals surface area contributed by atoms with E-state index in [-0.39, 0.29) is 11.5 Å². The van der Waals surface area contributed by atoms with E-state index in [1.54, 1.807) is 35.8 Å². The molecule has 4 rings (SSSR count). The Balaban J connectivity index is 1.68. The zero-order valence-corrected chi connectivity index (χ0v) is 17.9. The van der Waals surface area contributed by atoms with Crippen molar-refractivity contribution in [2.45, 2.75) is 30.8 Å². The van der Waals surface area contributed by atoms with E-state index in [1.807, 2.05) is 43.3 Å². The van der Waals surface area contributed by atoms with E-state index in [1.165, 1.54) is 11.8 Å². The van der Waals surface area contributed by atoms with Crippen LogP contribution in [0.1, 0.15) is 19.4 Å². The number of fused-ring (bicyclic) bond motifs is 2. The number of nitriles is 1. The van der Waals surface area contributed by atoms with E-state index in [0.717, 1.165) is 10.8 Å². The Bertz CT molecular complexity index is 1400. The first-order valence-corrected chi connectivity index (χ1v) is 10.8. The summed E-state index contributed by atoms with van der Waals surface area (Å²) in [7, 11) is 0. The third-order valence-corrected chi connectivity index (χ3v) is 6.15. The first-order chi connectivity index (χ1) is 15.0. The van der Waals surface area contributed by atoms with Crippen molar-refractivity contribution in [1.29, 1.82) is 5.26 Å². The number of nitrogens with zero attached hydrogens (tertiary/aromatic N) is 3. The molecule has 1 aromatic heterocycles. The zero-order chi connectivity index (χ0) is 22.0. The zero-order valence-electron chi connectivity index (χ0n) is 17.1. The molecule has 1 N–H and O–H groups in total.